The Labute approximate surface area is 147 Å². The lowest BCUT2D eigenvalue weighted by Crippen LogP contribution is -2.49. The Morgan fingerprint density at radius 2 is 2.38 bits per heavy atom. The molecule has 12 heteroatoms. The van der Waals surface area contributed by atoms with Gasteiger partial charge >= 0.3 is 11.7 Å². The molecule has 0 aromatic carbocycles. The quantitative estimate of drug-likeness (QED) is 0.314. The summed E-state index contributed by atoms with van der Waals surface area (Å²) in [6.07, 6.45) is -4.28. The van der Waals surface area contributed by atoms with Gasteiger partial charge in [0.1, 0.15) is 24.1 Å². The number of aliphatic hydroxyl groups is 1. The van der Waals surface area contributed by atoms with Gasteiger partial charge in [-0.05, 0) is 11.6 Å². The van der Waals surface area contributed by atoms with Gasteiger partial charge in [-0.3, -0.25) is 9.36 Å². The topological polar surface area (TPSA) is 165 Å². The molecule has 1 aromatic heterocycles. The fraction of sp³-hybridized carbons (Fsp3) is 0.643. The lowest BCUT2D eigenvalue weighted by atomic mass is 9.96. The smallest absolute Gasteiger partial charge is 0.351 e. The molecule has 142 valence electrons. The minimum absolute atomic E-state index is 0.0635. The molecule has 26 heavy (non-hydrogen) atoms. The molecule has 1 fully saturated rings. The predicted molar refractivity (Wildman–Crippen MR) is 86.5 cm³/mol. The van der Waals surface area contributed by atoms with Crippen molar-refractivity contribution >= 4 is 11.8 Å². The van der Waals surface area contributed by atoms with Crippen LogP contribution in [0, 0.1) is 5.92 Å². The number of anilines is 1. The Bertz CT molecular complexity index is 779. The molecular weight excluding hydrogens is 351 g/mol. The van der Waals surface area contributed by atoms with Crippen LogP contribution in [0.25, 0.3) is 10.4 Å². The van der Waals surface area contributed by atoms with Crippen molar-refractivity contribution in [1.82, 2.24) is 9.55 Å². The maximum Gasteiger partial charge on any atom is 0.351 e. The Balaban J connectivity index is 2.34. The molecule has 0 radical (unpaired) electrons. The van der Waals surface area contributed by atoms with Crippen molar-refractivity contribution in [3.05, 3.63) is 33.2 Å². The average Bonchev–Trinajstić information content (AvgIpc) is 2.83. The Kier molecular flexibility index (Phi) is 5.80. The summed E-state index contributed by atoms with van der Waals surface area (Å²) < 4.78 is 26.1. The summed E-state index contributed by atoms with van der Waals surface area (Å²) in [6.45, 7) is 2.12. The first-order valence-electron chi connectivity index (χ1n) is 7.74. The van der Waals surface area contributed by atoms with Crippen LogP contribution >= 0.6 is 0 Å². The van der Waals surface area contributed by atoms with E-state index >= 15 is 0 Å². The Hall–Kier alpha value is -2.69. The second kappa shape index (κ2) is 7.68. The zero-order valence-electron chi connectivity index (χ0n) is 14.1. The molecule has 0 spiro atoms. The number of nitrogens with zero attached hydrogens (tertiary/aromatic N) is 5. The first-order valence-corrected chi connectivity index (χ1v) is 7.74. The van der Waals surface area contributed by atoms with Crippen LogP contribution in [0.4, 0.5) is 10.2 Å². The van der Waals surface area contributed by atoms with E-state index in [-0.39, 0.29) is 5.82 Å². The highest BCUT2D eigenvalue weighted by atomic mass is 19.1. The summed E-state index contributed by atoms with van der Waals surface area (Å²) in [5.41, 5.74) is 11.2. The van der Waals surface area contributed by atoms with Gasteiger partial charge in [0.2, 0.25) is 0 Å². The van der Waals surface area contributed by atoms with Gasteiger partial charge in [-0.2, -0.15) is 4.98 Å². The van der Waals surface area contributed by atoms with E-state index in [4.69, 9.17) is 20.7 Å². The van der Waals surface area contributed by atoms with E-state index in [0.29, 0.717) is 0 Å². The second-order valence-electron chi connectivity index (χ2n) is 6.16. The molecule has 0 unspecified atom stereocenters. The number of hydrogen-bond acceptors (Lipinski definition) is 8. The van der Waals surface area contributed by atoms with Gasteiger partial charge in [-0.15, -0.1) is 0 Å². The van der Waals surface area contributed by atoms with E-state index in [1.165, 1.54) is 12.3 Å². The number of rotatable bonds is 6. The van der Waals surface area contributed by atoms with E-state index in [9.17, 15) is 19.1 Å². The molecule has 0 bridgehead atoms. The third kappa shape index (κ3) is 3.77. The van der Waals surface area contributed by atoms with Crippen LogP contribution in [-0.2, 0) is 14.3 Å². The van der Waals surface area contributed by atoms with Crippen LogP contribution in [0.2, 0.25) is 0 Å². The van der Waals surface area contributed by atoms with E-state index < -0.39 is 54.8 Å². The summed E-state index contributed by atoms with van der Waals surface area (Å²) in [5.74, 6) is -1.14. The van der Waals surface area contributed by atoms with Gasteiger partial charge < -0.3 is 20.3 Å². The lowest BCUT2D eigenvalue weighted by Gasteiger charge is -2.29. The van der Waals surface area contributed by atoms with Crippen LogP contribution in [0.1, 0.15) is 20.1 Å². The first kappa shape index (κ1) is 19.6. The summed E-state index contributed by atoms with van der Waals surface area (Å²) in [7, 11) is 0. The number of carbonyl (C=O) groups excluding carboxylic acids is 1. The number of carbonyl (C=O) groups is 1. The SMILES string of the molecule is CC(C)C(=O)OC[C@@]1(CN=[N+]=[N-])O[C@@H](n2ccc(N)nc2=O)[C@H](F)[C@@H]1O. The highest BCUT2D eigenvalue weighted by Gasteiger charge is 2.56. The number of nitrogens with two attached hydrogens (primary N) is 1. The Morgan fingerprint density at radius 1 is 1.69 bits per heavy atom. The van der Waals surface area contributed by atoms with Crippen LogP contribution in [0.3, 0.4) is 0 Å². The van der Waals surface area contributed by atoms with E-state index in [1.54, 1.807) is 13.8 Å². The molecule has 1 saturated heterocycles. The minimum Gasteiger partial charge on any atom is -0.462 e. The summed E-state index contributed by atoms with van der Waals surface area (Å²) in [4.78, 5) is 29.7. The van der Waals surface area contributed by atoms with E-state index in [0.717, 1.165) is 4.57 Å². The number of ether oxygens (including phenoxy) is 2. The van der Waals surface area contributed by atoms with Crippen molar-refractivity contribution < 1.29 is 23.8 Å². The van der Waals surface area contributed by atoms with Gasteiger partial charge in [0, 0.05) is 11.1 Å². The maximum atomic E-state index is 14.7. The van der Waals surface area contributed by atoms with Crippen molar-refractivity contribution in [3.63, 3.8) is 0 Å². The van der Waals surface area contributed by atoms with Gasteiger partial charge in [0.25, 0.3) is 0 Å². The molecule has 0 aliphatic carbocycles. The van der Waals surface area contributed by atoms with Crippen LogP contribution in [-0.4, -0.2) is 51.7 Å². The van der Waals surface area contributed by atoms with Crippen molar-refractivity contribution in [2.24, 2.45) is 11.0 Å². The van der Waals surface area contributed by atoms with Crippen LogP contribution in [0.15, 0.2) is 22.2 Å². The zero-order valence-corrected chi connectivity index (χ0v) is 14.1. The largest absolute Gasteiger partial charge is 0.462 e. The number of esters is 1. The third-order valence-corrected chi connectivity index (χ3v) is 3.93. The van der Waals surface area contributed by atoms with Gasteiger partial charge in [0.15, 0.2) is 12.4 Å². The molecule has 2 heterocycles. The molecule has 0 saturated carbocycles. The number of aliphatic hydroxyl groups excluding tert-OH is 1. The molecule has 11 nitrogen and oxygen atoms in total. The first-order chi connectivity index (χ1) is 12.2. The van der Waals surface area contributed by atoms with Crippen molar-refractivity contribution in [2.45, 2.75) is 38.0 Å². The number of alkyl halides is 1. The predicted octanol–water partition coefficient (Wildman–Crippen LogP) is 0.302. The summed E-state index contributed by atoms with van der Waals surface area (Å²) in [6, 6.07) is 1.26. The molecule has 1 aromatic rings. The van der Waals surface area contributed by atoms with E-state index in [1.807, 2.05) is 0 Å². The molecular formula is C14H19FN6O5. The third-order valence-electron chi connectivity index (χ3n) is 3.93. The Morgan fingerprint density at radius 3 is 2.96 bits per heavy atom. The van der Waals surface area contributed by atoms with Gasteiger partial charge in [-0.1, -0.05) is 19.0 Å². The van der Waals surface area contributed by atoms with E-state index in [2.05, 4.69) is 15.0 Å². The number of hydrogen-bond donors (Lipinski definition) is 2. The molecule has 1 aliphatic rings. The normalized spacial score (nSPS) is 28.0. The number of azide groups is 1. The molecule has 3 N–H and O–H groups in total. The zero-order chi connectivity index (χ0) is 19.5. The minimum atomic E-state index is -2.07. The summed E-state index contributed by atoms with van der Waals surface area (Å²) >= 11 is 0. The molecule has 4 atom stereocenters. The second-order valence-corrected chi connectivity index (χ2v) is 6.16. The number of nitrogen functional groups attached to an aromatic ring is 1. The van der Waals surface area contributed by atoms with Gasteiger partial charge in [-0.25, -0.2) is 9.18 Å². The van der Waals surface area contributed by atoms with Crippen LogP contribution < -0.4 is 11.4 Å². The number of halogens is 1. The van der Waals surface area contributed by atoms with Crippen molar-refractivity contribution in [2.75, 3.05) is 18.9 Å². The molecule has 0 amide bonds. The monoisotopic (exact) mass is 370 g/mol. The van der Waals surface area contributed by atoms with Crippen LogP contribution in [0.5, 0.6) is 0 Å². The maximum absolute atomic E-state index is 14.7. The van der Waals surface area contributed by atoms with Crippen molar-refractivity contribution in [3.8, 4) is 0 Å². The van der Waals surface area contributed by atoms with Crippen molar-refractivity contribution in [1.29, 1.82) is 0 Å². The molecule has 1 aliphatic heterocycles. The highest BCUT2D eigenvalue weighted by molar-refractivity contribution is 5.71. The fourth-order valence-corrected chi connectivity index (χ4v) is 2.46. The standard InChI is InChI=1S/C14H19FN6O5/c1-7(2)12(23)25-6-14(5-18-20-17)10(22)9(15)11(26-14)21-4-3-8(16)19-13(21)24/h3-4,7,9-11,22H,5-6H2,1-2H3,(H2,16,19,24)/t9-,10+,11-,14-/m1/s1. The lowest BCUT2D eigenvalue weighted by molar-refractivity contribution is -0.167. The fourth-order valence-electron chi connectivity index (χ4n) is 2.46. The number of aromatic nitrogens is 2. The summed E-state index contributed by atoms with van der Waals surface area (Å²) in [5, 5.41) is 13.6. The molecule has 2 rings (SSSR count). The highest BCUT2D eigenvalue weighted by Crippen LogP contribution is 2.39. The average molecular weight is 370 g/mol. The van der Waals surface area contributed by atoms with Gasteiger partial charge in [0.05, 0.1) is 12.5 Å².